The van der Waals surface area contributed by atoms with Crippen LogP contribution in [-0.2, 0) is 6.42 Å². The van der Waals surface area contributed by atoms with Gasteiger partial charge in [-0.15, -0.1) is 0 Å². The molecule has 0 saturated heterocycles. The molecule has 0 amide bonds. The van der Waals surface area contributed by atoms with Crippen molar-refractivity contribution in [1.29, 1.82) is 0 Å². The van der Waals surface area contributed by atoms with Crippen LogP contribution >= 0.6 is 0 Å². The van der Waals surface area contributed by atoms with Gasteiger partial charge in [0.25, 0.3) is 0 Å². The highest BCUT2D eigenvalue weighted by molar-refractivity contribution is 6.04. The van der Waals surface area contributed by atoms with Gasteiger partial charge in [-0.3, -0.25) is 0 Å². The van der Waals surface area contributed by atoms with Gasteiger partial charge in [-0.25, -0.2) is 9.78 Å². The maximum atomic E-state index is 11.8. The van der Waals surface area contributed by atoms with E-state index in [2.05, 4.69) is 11.9 Å². The minimum Gasteiger partial charge on any atom is -0.486 e. The van der Waals surface area contributed by atoms with Crippen LogP contribution in [0.5, 0.6) is 11.5 Å². The molecule has 5 nitrogen and oxygen atoms in total. The second kappa shape index (κ2) is 6.09. The molecule has 0 aliphatic carbocycles. The Hall–Kier alpha value is -3.08. The highest BCUT2D eigenvalue weighted by atomic mass is 16.6. The van der Waals surface area contributed by atoms with Gasteiger partial charge in [0, 0.05) is 17.0 Å². The Morgan fingerprint density at radius 3 is 2.40 bits per heavy atom. The number of aryl methyl sites for hydroxylation is 1. The smallest absolute Gasteiger partial charge is 0.336 e. The van der Waals surface area contributed by atoms with E-state index in [0.717, 1.165) is 12.0 Å². The summed E-state index contributed by atoms with van der Waals surface area (Å²) in [6.07, 6.45) is 0.954. The first-order chi connectivity index (χ1) is 12.2. The first-order valence-corrected chi connectivity index (χ1v) is 8.22. The largest absolute Gasteiger partial charge is 0.486 e. The summed E-state index contributed by atoms with van der Waals surface area (Å²) in [6.45, 7) is 3.02. The quantitative estimate of drug-likeness (QED) is 0.785. The van der Waals surface area contributed by atoms with E-state index in [1.54, 1.807) is 18.2 Å². The lowest BCUT2D eigenvalue weighted by molar-refractivity contribution is 0.0699. The summed E-state index contributed by atoms with van der Waals surface area (Å²) in [6, 6.07) is 13.1. The number of carbonyl (C=O) groups is 1. The number of pyridine rings is 1. The summed E-state index contributed by atoms with van der Waals surface area (Å²) in [4.78, 5) is 16.4. The third-order valence-corrected chi connectivity index (χ3v) is 4.36. The Morgan fingerprint density at radius 2 is 1.76 bits per heavy atom. The van der Waals surface area contributed by atoms with Gasteiger partial charge in [-0.2, -0.15) is 0 Å². The second-order valence-electron chi connectivity index (χ2n) is 5.92. The van der Waals surface area contributed by atoms with Crippen molar-refractivity contribution >= 4 is 16.9 Å². The highest BCUT2D eigenvalue weighted by Crippen LogP contribution is 2.36. The van der Waals surface area contributed by atoms with Crippen LogP contribution in [-0.4, -0.2) is 29.3 Å². The van der Waals surface area contributed by atoms with Crippen LogP contribution in [0.25, 0.3) is 22.2 Å². The molecule has 0 saturated carbocycles. The number of ether oxygens (including phenoxy) is 2. The van der Waals surface area contributed by atoms with E-state index >= 15 is 0 Å². The zero-order chi connectivity index (χ0) is 17.4. The molecule has 2 heterocycles. The zero-order valence-corrected chi connectivity index (χ0v) is 13.8. The Morgan fingerprint density at radius 1 is 1.08 bits per heavy atom. The molecule has 25 heavy (non-hydrogen) atoms. The van der Waals surface area contributed by atoms with Crippen LogP contribution in [0.15, 0.2) is 42.5 Å². The topological polar surface area (TPSA) is 68.7 Å². The Labute approximate surface area is 144 Å². The average molecular weight is 335 g/mol. The lowest BCUT2D eigenvalue weighted by Gasteiger charge is -2.19. The van der Waals surface area contributed by atoms with E-state index in [-0.39, 0.29) is 5.56 Å². The number of aromatic carboxylic acids is 1. The fraction of sp³-hybridized carbons (Fsp3) is 0.200. The number of hydrogen-bond acceptors (Lipinski definition) is 4. The Kier molecular flexibility index (Phi) is 3.76. The van der Waals surface area contributed by atoms with Crippen LogP contribution in [0, 0.1) is 0 Å². The van der Waals surface area contributed by atoms with E-state index < -0.39 is 5.97 Å². The summed E-state index contributed by atoms with van der Waals surface area (Å²) in [7, 11) is 0. The number of benzene rings is 2. The van der Waals surface area contributed by atoms with Gasteiger partial charge < -0.3 is 14.6 Å². The number of carboxylic acid groups (broad SMARTS) is 1. The maximum Gasteiger partial charge on any atom is 0.336 e. The molecule has 126 valence electrons. The molecule has 2 aromatic carbocycles. The molecule has 4 rings (SSSR count). The van der Waals surface area contributed by atoms with E-state index in [1.165, 1.54) is 5.56 Å². The molecular formula is C20H17NO4. The van der Waals surface area contributed by atoms with E-state index in [9.17, 15) is 9.90 Å². The van der Waals surface area contributed by atoms with Crippen molar-refractivity contribution in [3.63, 3.8) is 0 Å². The molecular weight excluding hydrogens is 318 g/mol. The summed E-state index contributed by atoms with van der Waals surface area (Å²) in [5.41, 5.74) is 3.53. The molecule has 0 spiro atoms. The monoisotopic (exact) mass is 335 g/mol. The van der Waals surface area contributed by atoms with Crippen molar-refractivity contribution in [2.45, 2.75) is 13.3 Å². The summed E-state index contributed by atoms with van der Waals surface area (Å²) >= 11 is 0. The zero-order valence-electron chi connectivity index (χ0n) is 13.8. The molecule has 1 aliphatic rings. The summed E-state index contributed by atoms with van der Waals surface area (Å²) < 4.78 is 11.2. The molecule has 0 bridgehead atoms. The molecule has 5 heteroatoms. The van der Waals surface area contributed by atoms with Crippen molar-refractivity contribution in [1.82, 2.24) is 4.98 Å². The second-order valence-corrected chi connectivity index (χ2v) is 5.92. The fourth-order valence-electron chi connectivity index (χ4n) is 3.00. The maximum absolute atomic E-state index is 11.8. The van der Waals surface area contributed by atoms with Crippen molar-refractivity contribution in [3.05, 3.63) is 53.6 Å². The number of nitrogens with zero attached hydrogens (tertiary/aromatic N) is 1. The molecule has 1 aliphatic heterocycles. The van der Waals surface area contributed by atoms with Crippen LogP contribution in [0.3, 0.4) is 0 Å². The Bertz CT molecular complexity index is 964. The van der Waals surface area contributed by atoms with Gasteiger partial charge in [0.1, 0.15) is 13.2 Å². The molecule has 1 N–H and O–H groups in total. The first-order valence-electron chi connectivity index (χ1n) is 8.22. The molecule has 3 aromatic rings. The number of rotatable bonds is 3. The van der Waals surface area contributed by atoms with E-state index in [0.29, 0.717) is 41.3 Å². The predicted molar refractivity (Wildman–Crippen MR) is 94.5 cm³/mol. The normalized spacial score (nSPS) is 13.0. The van der Waals surface area contributed by atoms with Gasteiger partial charge in [0.15, 0.2) is 11.5 Å². The van der Waals surface area contributed by atoms with Crippen molar-refractivity contribution in [2.75, 3.05) is 13.2 Å². The average Bonchev–Trinajstić information content (AvgIpc) is 2.65. The number of aromatic nitrogens is 1. The molecule has 0 fully saturated rings. The standard InChI is InChI=1S/C20H17NO4/c1-2-12-3-5-13(6-4-12)16-9-15(20(22)23)14-10-18-19(11-17(14)21-16)25-8-7-24-18/h3-6,9-11H,2,7-8H2,1H3,(H,22,23). The minimum atomic E-state index is -0.990. The van der Waals surface area contributed by atoms with Crippen molar-refractivity contribution in [2.24, 2.45) is 0 Å². The first kappa shape index (κ1) is 15.4. The summed E-state index contributed by atoms with van der Waals surface area (Å²) in [5.74, 6) is 0.166. The highest BCUT2D eigenvalue weighted by Gasteiger charge is 2.19. The lowest BCUT2D eigenvalue weighted by atomic mass is 10.0. The Balaban J connectivity index is 1.92. The SMILES string of the molecule is CCc1ccc(-c2cc(C(=O)O)c3cc4c(cc3n2)OCCO4)cc1. The number of fused-ring (bicyclic) bond motifs is 2. The van der Waals surface area contributed by atoms with E-state index in [4.69, 9.17) is 9.47 Å². The third kappa shape index (κ3) is 2.78. The van der Waals surface area contributed by atoms with Gasteiger partial charge in [-0.05, 0) is 24.1 Å². The van der Waals surface area contributed by atoms with Crippen molar-refractivity contribution in [3.8, 4) is 22.8 Å². The van der Waals surface area contributed by atoms with Crippen LogP contribution < -0.4 is 9.47 Å². The van der Waals surface area contributed by atoms with Crippen LogP contribution in [0.4, 0.5) is 0 Å². The van der Waals surface area contributed by atoms with Gasteiger partial charge in [-0.1, -0.05) is 31.2 Å². The molecule has 0 radical (unpaired) electrons. The number of hydrogen-bond donors (Lipinski definition) is 1. The molecule has 0 unspecified atom stereocenters. The van der Waals surface area contributed by atoms with E-state index in [1.807, 2.05) is 24.3 Å². The van der Waals surface area contributed by atoms with Crippen LogP contribution in [0.1, 0.15) is 22.8 Å². The van der Waals surface area contributed by atoms with Gasteiger partial charge in [0.05, 0.1) is 16.8 Å². The van der Waals surface area contributed by atoms with Crippen LogP contribution in [0.2, 0.25) is 0 Å². The van der Waals surface area contributed by atoms with Gasteiger partial charge >= 0.3 is 5.97 Å². The van der Waals surface area contributed by atoms with Gasteiger partial charge in [0.2, 0.25) is 0 Å². The minimum absolute atomic E-state index is 0.205. The number of carboxylic acids is 1. The fourth-order valence-corrected chi connectivity index (χ4v) is 3.00. The third-order valence-electron chi connectivity index (χ3n) is 4.36. The molecule has 0 atom stereocenters. The predicted octanol–water partition coefficient (Wildman–Crippen LogP) is 3.93. The van der Waals surface area contributed by atoms with Crippen molar-refractivity contribution < 1.29 is 19.4 Å². The lowest BCUT2D eigenvalue weighted by Crippen LogP contribution is -2.15. The summed E-state index contributed by atoms with van der Waals surface area (Å²) in [5, 5.41) is 10.2. The molecule has 1 aromatic heterocycles.